The minimum absolute atomic E-state index is 0.0254. The number of benzene rings is 1. The Bertz CT molecular complexity index is 906. The number of nitrogens with zero attached hydrogens (tertiary/aromatic N) is 4. The van der Waals surface area contributed by atoms with E-state index in [2.05, 4.69) is 15.6 Å². The fourth-order valence-corrected chi connectivity index (χ4v) is 4.76. The van der Waals surface area contributed by atoms with Crippen LogP contribution in [-0.4, -0.2) is 58.6 Å². The van der Waals surface area contributed by atoms with Crippen molar-refractivity contribution in [2.24, 2.45) is 0 Å². The minimum Gasteiger partial charge on any atom is -0.486 e. The lowest BCUT2D eigenvalue weighted by atomic mass is 10.0. The van der Waals surface area contributed by atoms with E-state index in [0.717, 1.165) is 61.5 Å². The van der Waals surface area contributed by atoms with Crippen molar-refractivity contribution in [1.82, 2.24) is 25.2 Å². The molecule has 2 aromatic rings. The fourth-order valence-electron chi connectivity index (χ4n) is 4.76. The highest BCUT2D eigenvalue weighted by Gasteiger charge is 2.36. The number of rotatable bonds is 3. The Morgan fingerprint density at radius 3 is 2.86 bits per heavy atom. The summed E-state index contributed by atoms with van der Waals surface area (Å²) >= 11 is 0. The summed E-state index contributed by atoms with van der Waals surface area (Å²) in [4.78, 5) is 15.4. The van der Waals surface area contributed by atoms with Gasteiger partial charge in [-0.25, -0.2) is 4.68 Å². The Morgan fingerprint density at radius 1 is 1.17 bits per heavy atom. The Morgan fingerprint density at radius 2 is 2.00 bits per heavy atom. The number of amides is 1. The summed E-state index contributed by atoms with van der Waals surface area (Å²) in [5, 5.41) is 12.0. The third-order valence-corrected chi connectivity index (χ3v) is 6.25. The van der Waals surface area contributed by atoms with E-state index in [4.69, 9.17) is 9.47 Å². The van der Waals surface area contributed by atoms with Crippen molar-refractivity contribution in [1.29, 1.82) is 0 Å². The van der Waals surface area contributed by atoms with Crippen LogP contribution in [0, 0.1) is 6.92 Å². The second-order valence-electron chi connectivity index (χ2n) is 7.98. The van der Waals surface area contributed by atoms with Crippen LogP contribution in [0.4, 0.5) is 0 Å². The van der Waals surface area contributed by atoms with E-state index in [1.165, 1.54) is 0 Å². The summed E-state index contributed by atoms with van der Waals surface area (Å²) in [5.74, 6) is 1.50. The first-order valence-electron chi connectivity index (χ1n) is 10.6. The summed E-state index contributed by atoms with van der Waals surface area (Å²) in [6, 6.07) is 6.23. The smallest absolute Gasteiger partial charge is 0.276 e. The van der Waals surface area contributed by atoms with E-state index < -0.39 is 0 Å². The lowest BCUT2D eigenvalue weighted by molar-refractivity contribution is 0.0724. The topological polar surface area (TPSA) is 81.5 Å². The standard InChI is InChI=1S/C21H27N5O3/c1-14-19(23-24-26(14)15-7-9-22-10-8-15)21(27)25-11-3-5-17(25)16-4-2-6-18-20(16)29-13-12-28-18/h2,4,6,15,17,22H,3,5,7-13H2,1H3/t17-/m0/s1. The maximum absolute atomic E-state index is 13.4. The molecule has 2 saturated heterocycles. The van der Waals surface area contributed by atoms with Crippen LogP contribution in [0.25, 0.3) is 0 Å². The van der Waals surface area contributed by atoms with Crippen LogP contribution in [0.5, 0.6) is 11.5 Å². The number of aromatic nitrogens is 3. The van der Waals surface area contributed by atoms with E-state index in [1.54, 1.807) is 0 Å². The third kappa shape index (κ3) is 3.25. The van der Waals surface area contributed by atoms with Gasteiger partial charge in [0.1, 0.15) is 13.2 Å². The number of carbonyl (C=O) groups is 1. The van der Waals surface area contributed by atoms with Crippen molar-refractivity contribution in [3.8, 4) is 11.5 Å². The second-order valence-corrected chi connectivity index (χ2v) is 7.98. The van der Waals surface area contributed by atoms with Gasteiger partial charge in [-0.2, -0.15) is 0 Å². The van der Waals surface area contributed by atoms with Crippen LogP contribution < -0.4 is 14.8 Å². The van der Waals surface area contributed by atoms with Gasteiger partial charge in [-0.3, -0.25) is 4.79 Å². The average molecular weight is 397 g/mol. The Balaban J connectivity index is 1.42. The zero-order valence-corrected chi connectivity index (χ0v) is 16.8. The van der Waals surface area contributed by atoms with Gasteiger partial charge < -0.3 is 19.7 Å². The van der Waals surface area contributed by atoms with Gasteiger partial charge in [0.25, 0.3) is 5.91 Å². The number of carbonyl (C=O) groups excluding carboxylic acids is 1. The van der Waals surface area contributed by atoms with E-state index in [9.17, 15) is 4.79 Å². The molecular formula is C21H27N5O3. The van der Waals surface area contributed by atoms with Crippen LogP contribution in [0.2, 0.25) is 0 Å². The number of piperidine rings is 1. The average Bonchev–Trinajstić information content (AvgIpc) is 3.40. The molecule has 29 heavy (non-hydrogen) atoms. The number of nitrogens with one attached hydrogen (secondary N) is 1. The Hall–Kier alpha value is -2.61. The molecule has 0 unspecified atom stereocenters. The summed E-state index contributed by atoms with van der Waals surface area (Å²) in [5.41, 5.74) is 2.36. The van der Waals surface area contributed by atoms with Crippen molar-refractivity contribution in [3.05, 3.63) is 35.2 Å². The van der Waals surface area contributed by atoms with Crippen LogP contribution >= 0.6 is 0 Å². The van der Waals surface area contributed by atoms with Crippen molar-refractivity contribution in [2.45, 2.75) is 44.7 Å². The minimum atomic E-state index is -0.0421. The third-order valence-electron chi connectivity index (χ3n) is 6.25. The summed E-state index contributed by atoms with van der Waals surface area (Å²) in [6.45, 7) is 5.72. The molecule has 0 spiro atoms. The van der Waals surface area contributed by atoms with Crippen molar-refractivity contribution in [3.63, 3.8) is 0 Å². The molecular weight excluding hydrogens is 370 g/mol. The van der Waals surface area contributed by atoms with Gasteiger partial charge in [-0.1, -0.05) is 17.3 Å². The van der Waals surface area contributed by atoms with Crippen LogP contribution in [0.3, 0.4) is 0 Å². The quantitative estimate of drug-likeness (QED) is 0.856. The van der Waals surface area contributed by atoms with Gasteiger partial charge in [0.2, 0.25) is 0 Å². The van der Waals surface area contributed by atoms with E-state index in [1.807, 2.05) is 34.7 Å². The normalized spacial score (nSPS) is 22.1. The maximum atomic E-state index is 13.4. The number of hydrogen-bond donors (Lipinski definition) is 1. The SMILES string of the molecule is Cc1c(C(=O)N2CCC[C@H]2c2cccc3c2OCCO3)nnn1C1CCNCC1. The largest absolute Gasteiger partial charge is 0.486 e. The maximum Gasteiger partial charge on any atom is 0.276 e. The Labute approximate surface area is 170 Å². The van der Waals surface area contributed by atoms with Gasteiger partial charge in [-0.05, 0) is 51.8 Å². The lowest BCUT2D eigenvalue weighted by Crippen LogP contribution is -2.32. The molecule has 1 atom stereocenters. The highest BCUT2D eigenvalue weighted by molar-refractivity contribution is 5.93. The molecule has 1 N–H and O–H groups in total. The van der Waals surface area contributed by atoms with Gasteiger partial charge in [0.15, 0.2) is 17.2 Å². The molecule has 0 radical (unpaired) electrons. The van der Waals surface area contributed by atoms with Gasteiger partial charge in [0.05, 0.1) is 17.8 Å². The number of fused-ring (bicyclic) bond motifs is 1. The molecule has 3 aliphatic heterocycles. The first-order chi connectivity index (χ1) is 14.2. The zero-order chi connectivity index (χ0) is 19.8. The van der Waals surface area contributed by atoms with Crippen molar-refractivity contribution < 1.29 is 14.3 Å². The summed E-state index contributed by atoms with van der Waals surface area (Å²) < 4.78 is 13.6. The number of ether oxygens (including phenoxy) is 2. The monoisotopic (exact) mass is 397 g/mol. The molecule has 8 heteroatoms. The zero-order valence-electron chi connectivity index (χ0n) is 16.8. The molecule has 1 aromatic carbocycles. The van der Waals surface area contributed by atoms with E-state index in [-0.39, 0.29) is 11.9 Å². The van der Waals surface area contributed by atoms with Crippen LogP contribution in [-0.2, 0) is 0 Å². The molecule has 0 aliphatic carbocycles. The fraction of sp³-hybridized carbons (Fsp3) is 0.571. The molecule has 1 aromatic heterocycles. The first kappa shape index (κ1) is 18.4. The molecule has 154 valence electrons. The van der Waals surface area contributed by atoms with Crippen molar-refractivity contribution in [2.75, 3.05) is 32.8 Å². The molecule has 8 nitrogen and oxygen atoms in total. The molecule has 5 rings (SSSR count). The van der Waals surface area contributed by atoms with Crippen LogP contribution in [0.15, 0.2) is 18.2 Å². The van der Waals surface area contributed by atoms with E-state index in [0.29, 0.717) is 31.5 Å². The van der Waals surface area contributed by atoms with Gasteiger partial charge in [0, 0.05) is 12.1 Å². The predicted molar refractivity (Wildman–Crippen MR) is 106 cm³/mol. The molecule has 4 heterocycles. The molecule has 0 bridgehead atoms. The highest BCUT2D eigenvalue weighted by Crippen LogP contribution is 2.43. The van der Waals surface area contributed by atoms with Gasteiger partial charge in [-0.15, -0.1) is 5.10 Å². The van der Waals surface area contributed by atoms with Crippen molar-refractivity contribution >= 4 is 5.91 Å². The molecule has 1 amide bonds. The van der Waals surface area contributed by atoms with E-state index >= 15 is 0 Å². The lowest BCUT2D eigenvalue weighted by Gasteiger charge is -2.28. The number of para-hydroxylation sites is 1. The predicted octanol–water partition coefficient (Wildman–Crippen LogP) is 2.26. The van der Waals surface area contributed by atoms with Gasteiger partial charge >= 0.3 is 0 Å². The summed E-state index contributed by atoms with van der Waals surface area (Å²) in [6.07, 6.45) is 3.89. The Kier molecular flexibility index (Phi) is 4.87. The molecule has 2 fully saturated rings. The highest BCUT2D eigenvalue weighted by atomic mass is 16.6. The molecule has 0 saturated carbocycles. The number of likely N-dealkylation sites (tertiary alicyclic amines) is 1. The number of hydrogen-bond acceptors (Lipinski definition) is 6. The summed E-state index contributed by atoms with van der Waals surface area (Å²) in [7, 11) is 0. The molecule has 3 aliphatic rings. The first-order valence-corrected chi connectivity index (χ1v) is 10.6. The van der Waals surface area contributed by atoms with Crippen LogP contribution in [0.1, 0.15) is 59.5 Å². The second kappa shape index (κ2) is 7.67.